The number of halogens is 1. The van der Waals surface area contributed by atoms with Gasteiger partial charge in [0.2, 0.25) is 0 Å². The Kier molecular flexibility index (Phi) is 3.86. The van der Waals surface area contributed by atoms with Crippen molar-refractivity contribution in [2.75, 3.05) is 0 Å². The second kappa shape index (κ2) is 5.80. The molecule has 4 heteroatoms. The summed E-state index contributed by atoms with van der Waals surface area (Å²) in [7, 11) is 0. The van der Waals surface area contributed by atoms with Crippen LogP contribution in [0.25, 0.3) is 10.9 Å². The van der Waals surface area contributed by atoms with E-state index in [0.29, 0.717) is 5.75 Å². The second-order valence-electron chi connectivity index (χ2n) is 5.20. The lowest BCUT2D eigenvalue weighted by molar-refractivity contribution is 0.472. The first kappa shape index (κ1) is 14.0. The summed E-state index contributed by atoms with van der Waals surface area (Å²) in [5.74, 6) is 0.294. The molecule has 21 heavy (non-hydrogen) atoms. The van der Waals surface area contributed by atoms with Gasteiger partial charge in [0.1, 0.15) is 5.75 Å². The van der Waals surface area contributed by atoms with Crippen molar-refractivity contribution in [2.45, 2.75) is 19.5 Å². The molecule has 0 saturated carbocycles. The average Bonchev–Trinajstić information content (AvgIpc) is 2.87. The molecule has 0 saturated heterocycles. The SMILES string of the molecule is CC(NCc1c[nH]c2cc(Cl)ccc12)c1cccc(O)c1. The van der Waals surface area contributed by atoms with Crippen LogP contribution in [0.15, 0.2) is 48.7 Å². The molecule has 2 aromatic carbocycles. The Bertz CT molecular complexity index is 766. The Morgan fingerprint density at radius 2 is 2.10 bits per heavy atom. The van der Waals surface area contributed by atoms with Crippen LogP contribution in [0.3, 0.4) is 0 Å². The molecule has 1 aromatic heterocycles. The Balaban J connectivity index is 1.74. The average molecular weight is 301 g/mol. The third kappa shape index (κ3) is 3.04. The highest BCUT2D eigenvalue weighted by atomic mass is 35.5. The van der Waals surface area contributed by atoms with Crippen molar-refractivity contribution in [1.82, 2.24) is 10.3 Å². The normalized spacial score (nSPS) is 12.7. The highest BCUT2D eigenvalue weighted by molar-refractivity contribution is 6.31. The van der Waals surface area contributed by atoms with E-state index in [1.807, 2.05) is 36.5 Å². The van der Waals surface area contributed by atoms with Gasteiger partial charge >= 0.3 is 0 Å². The fraction of sp³-hybridized carbons (Fsp3) is 0.176. The number of fused-ring (bicyclic) bond motifs is 1. The molecule has 1 atom stereocenters. The highest BCUT2D eigenvalue weighted by Gasteiger charge is 2.08. The smallest absolute Gasteiger partial charge is 0.115 e. The maximum absolute atomic E-state index is 9.54. The summed E-state index contributed by atoms with van der Waals surface area (Å²) in [5, 5.41) is 14.9. The number of hydrogen-bond donors (Lipinski definition) is 3. The summed E-state index contributed by atoms with van der Waals surface area (Å²) >= 11 is 5.99. The number of rotatable bonds is 4. The van der Waals surface area contributed by atoms with Gasteiger partial charge in [0.25, 0.3) is 0 Å². The standard InChI is InChI=1S/C17H17ClN2O/c1-11(12-3-2-4-15(21)7-12)19-9-13-10-20-17-8-14(18)5-6-16(13)17/h2-8,10-11,19-21H,9H2,1H3. The van der Waals surface area contributed by atoms with Gasteiger partial charge in [-0.1, -0.05) is 29.8 Å². The van der Waals surface area contributed by atoms with Gasteiger partial charge in [0.05, 0.1) is 0 Å². The minimum absolute atomic E-state index is 0.161. The van der Waals surface area contributed by atoms with E-state index in [1.165, 1.54) is 10.9 Å². The zero-order valence-corrected chi connectivity index (χ0v) is 12.5. The van der Waals surface area contributed by atoms with E-state index in [-0.39, 0.29) is 6.04 Å². The van der Waals surface area contributed by atoms with Crippen LogP contribution in [0.4, 0.5) is 0 Å². The lowest BCUT2D eigenvalue weighted by Crippen LogP contribution is -2.17. The van der Waals surface area contributed by atoms with Crippen LogP contribution in [0.5, 0.6) is 5.75 Å². The van der Waals surface area contributed by atoms with Crippen LogP contribution in [0, 0.1) is 0 Å². The maximum atomic E-state index is 9.54. The van der Waals surface area contributed by atoms with Gasteiger partial charge in [0.15, 0.2) is 0 Å². The fourth-order valence-corrected chi connectivity index (χ4v) is 2.65. The van der Waals surface area contributed by atoms with Crippen LogP contribution < -0.4 is 5.32 Å². The number of phenols is 1. The number of benzene rings is 2. The van der Waals surface area contributed by atoms with E-state index in [1.54, 1.807) is 12.1 Å². The fourth-order valence-electron chi connectivity index (χ4n) is 2.48. The second-order valence-corrected chi connectivity index (χ2v) is 5.64. The Hall–Kier alpha value is -1.97. The molecule has 0 fully saturated rings. The molecular weight excluding hydrogens is 284 g/mol. The molecule has 3 rings (SSSR count). The molecule has 3 N–H and O–H groups in total. The van der Waals surface area contributed by atoms with Crippen LogP contribution >= 0.6 is 11.6 Å². The summed E-state index contributed by atoms with van der Waals surface area (Å²) in [6, 6.07) is 13.4. The van der Waals surface area contributed by atoms with Crippen LogP contribution in [0.1, 0.15) is 24.1 Å². The van der Waals surface area contributed by atoms with Crippen molar-refractivity contribution < 1.29 is 5.11 Å². The first-order chi connectivity index (χ1) is 10.1. The molecule has 3 nitrogen and oxygen atoms in total. The Labute approximate surface area is 128 Å². The van der Waals surface area contributed by atoms with Crippen LogP contribution in [-0.4, -0.2) is 10.1 Å². The lowest BCUT2D eigenvalue weighted by atomic mass is 10.1. The van der Waals surface area contributed by atoms with Gasteiger partial charge in [-0.05, 0) is 42.3 Å². The van der Waals surface area contributed by atoms with Crippen molar-refractivity contribution in [3.63, 3.8) is 0 Å². The molecule has 3 aromatic rings. The number of aromatic nitrogens is 1. The lowest BCUT2D eigenvalue weighted by Gasteiger charge is -2.14. The number of hydrogen-bond acceptors (Lipinski definition) is 2. The third-order valence-electron chi connectivity index (χ3n) is 3.70. The Morgan fingerprint density at radius 3 is 2.90 bits per heavy atom. The van der Waals surface area contributed by atoms with Crippen molar-refractivity contribution in [2.24, 2.45) is 0 Å². The molecule has 1 unspecified atom stereocenters. The number of phenolic OH excluding ortho intramolecular Hbond substituents is 1. The summed E-state index contributed by atoms with van der Waals surface area (Å²) in [6.07, 6.45) is 2.00. The van der Waals surface area contributed by atoms with Crippen LogP contribution in [-0.2, 0) is 6.54 Å². The molecule has 0 spiro atoms. The predicted molar refractivity (Wildman–Crippen MR) is 86.7 cm³/mol. The van der Waals surface area contributed by atoms with E-state index < -0.39 is 0 Å². The molecule has 1 heterocycles. The summed E-state index contributed by atoms with van der Waals surface area (Å²) in [6.45, 7) is 2.83. The van der Waals surface area contributed by atoms with Crippen molar-refractivity contribution in [3.05, 3.63) is 64.8 Å². The first-order valence-corrected chi connectivity index (χ1v) is 7.29. The number of aromatic hydroxyl groups is 1. The van der Waals surface area contributed by atoms with E-state index in [2.05, 4.69) is 17.2 Å². The summed E-state index contributed by atoms with van der Waals surface area (Å²) in [5.41, 5.74) is 3.32. The minimum Gasteiger partial charge on any atom is -0.508 e. The molecule has 0 bridgehead atoms. The number of H-pyrrole nitrogens is 1. The molecule has 0 radical (unpaired) electrons. The highest BCUT2D eigenvalue weighted by Crippen LogP contribution is 2.23. The quantitative estimate of drug-likeness (QED) is 0.670. The van der Waals surface area contributed by atoms with Gasteiger partial charge in [0, 0.05) is 34.7 Å². The summed E-state index contributed by atoms with van der Waals surface area (Å²) in [4.78, 5) is 3.24. The zero-order chi connectivity index (χ0) is 14.8. The number of nitrogens with one attached hydrogen (secondary N) is 2. The van der Waals surface area contributed by atoms with Crippen LogP contribution in [0.2, 0.25) is 5.02 Å². The van der Waals surface area contributed by atoms with Gasteiger partial charge in [-0.3, -0.25) is 0 Å². The van der Waals surface area contributed by atoms with Crippen molar-refractivity contribution in [1.29, 1.82) is 0 Å². The molecule has 0 amide bonds. The monoisotopic (exact) mass is 300 g/mol. The third-order valence-corrected chi connectivity index (χ3v) is 3.93. The van der Waals surface area contributed by atoms with Gasteiger partial charge in [-0.25, -0.2) is 0 Å². The number of aromatic amines is 1. The van der Waals surface area contributed by atoms with Gasteiger partial charge in [-0.15, -0.1) is 0 Å². The van der Waals surface area contributed by atoms with Crippen molar-refractivity contribution >= 4 is 22.5 Å². The summed E-state index contributed by atoms with van der Waals surface area (Å²) < 4.78 is 0. The Morgan fingerprint density at radius 1 is 1.24 bits per heavy atom. The van der Waals surface area contributed by atoms with E-state index in [4.69, 9.17) is 11.6 Å². The van der Waals surface area contributed by atoms with E-state index in [0.717, 1.165) is 22.6 Å². The largest absolute Gasteiger partial charge is 0.508 e. The maximum Gasteiger partial charge on any atom is 0.115 e. The van der Waals surface area contributed by atoms with E-state index >= 15 is 0 Å². The van der Waals surface area contributed by atoms with E-state index in [9.17, 15) is 5.11 Å². The van der Waals surface area contributed by atoms with Gasteiger partial charge in [-0.2, -0.15) is 0 Å². The molecule has 0 aliphatic heterocycles. The predicted octanol–water partition coefficient (Wildman–Crippen LogP) is 4.38. The first-order valence-electron chi connectivity index (χ1n) is 6.91. The zero-order valence-electron chi connectivity index (χ0n) is 11.7. The molecule has 0 aliphatic rings. The minimum atomic E-state index is 0.161. The van der Waals surface area contributed by atoms with Crippen molar-refractivity contribution in [3.8, 4) is 5.75 Å². The topological polar surface area (TPSA) is 48.0 Å². The molecule has 0 aliphatic carbocycles. The molecular formula is C17H17ClN2O. The molecule has 108 valence electrons. The van der Waals surface area contributed by atoms with Gasteiger partial charge < -0.3 is 15.4 Å².